The van der Waals surface area contributed by atoms with Gasteiger partial charge in [-0.15, -0.1) is 29.1 Å². The fourth-order valence-corrected chi connectivity index (χ4v) is 8.13. The molecule has 0 saturated heterocycles. The van der Waals surface area contributed by atoms with E-state index in [1.807, 2.05) is 0 Å². The fourth-order valence-electron chi connectivity index (χ4n) is 8.13. The second kappa shape index (κ2) is 16.8. The van der Waals surface area contributed by atoms with Gasteiger partial charge < -0.3 is 5.11 Å². The zero-order valence-corrected chi connectivity index (χ0v) is 33.5. The van der Waals surface area contributed by atoms with Gasteiger partial charge in [-0.1, -0.05) is 108 Å². The summed E-state index contributed by atoms with van der Waals surface area (Å²) < 4.78 is 34.8. The molecule has 4 aromatic rings. The van der Waals surface area contributed by atoms with Gasteiger partial charge in [-0.3, -0.25) is 9.78 Å². The number of carbonyl (C=O) groups excluding carboxylic acids is 1. The molecular weight excluding hydrogens is 824 g/mol. The summed E-state index contributed by atoms with van der Waals surface area (Å²) in [5.41, 5.74) is 9.00. The molecule has 3 nitrogen and oxygen atoms in total. The van der Waals surface area contributed by atoms with E-state index in [0.717, 1.165) is 28.6 Å². The smallest absolute Gasteiger partial charge is 0.448 e. The molecule has 2 saturated carbocycles. The van der Waals surface area contributed by atoms with E-state index in [0.29, 0.717) is 5.92 Å². The first-order valence-electron chi connectivity index (χ1n) is 18.4. The van der Waals surface area contributed by atoms with E-state index in [2.05, 4.69) is 89.2 Å². The summed E-state index contributed by atoms with van der Waals surface area (Å²) in [6.07, 6.45) is 8.14. The van der Waals surface area contributed by atoms with Gasteiger partial charge in [0.25, 0.3) is 0 Å². The standard InChI is InChI=1S/C37H44N.C7H9F3O2.Ir/c1-24-19-25(2)36-32(28-17-15-27(16-18-28)26-11-7-6-8-12-26)23-34(38-35(36)20-24)30-21-29-13-9-10-14-31(29)33(22-30)37(3,4)5;1-4(2)5(11)3-6(12)7(8,9)10;/h9-10,13-14,19-20,22-23,26-28H,6-8,11-12,15-18H2,1-5H3;3-4,12H,1-2H3;/q-1;;/b;6-3-;. The van der Waals surface area contributed by atoms with Crippen LogP contribution in [-0.2, 0) is 30.3 Å². The number of aryl methyl sites for hydroxylation is 2. The molecule has 3 aromatic carbocycles. The average Bonchev–Trinajstić information content (AvgIpc) is 3.07. The van der Waals surface area contributed by atoms with Crippen molar-refractivity contribution in [2.45, 2.75) is 124 Å². The fraction of sp³-hybridized carbons (Fsp3) is 0.500. The van der Waals surface area contributed by atoms with Gasteiger partial charge in [-0.2, -0.15) is 13.2 Å². The number of rotatable bonds is 5. The van der Waals surface area contributed by atoms with Crippen LogP contribution in [0.3, 0.4) is 0 Å². The Morgan fingerprint density at radius 3 is 2.14 bits per heavy atom. The van der Waals surface area contributed by atoms with Crippen LogP contribution >= 0.6 is 0 Å². The summed E-state index contributed by atoms with van der Waals surface area (Å²) in [7, 11) is 0. The number of aromatic nitrogens is 1. The predicted molar refractivity (Wildman–Crippen MR) is 200 cm³/mol. The molecule has 7 heteroatoms. The molecule has 2 fully saturated rings. The van der Waals surface area contributed by atoms with Gasteiger partial charge in [-0.05, 0) is 85.5 Å². The predicted octanol–water partition coefficient (Wildman–Crippen LogP) is 12.8. The third kappa shape index (κ3) is 9.90. The van der Waals surface area contributed by atoms with E-state index < -0.39 is 23.6 Å². The molecule has 0 atom stereocenters. The summed E-state index contributed by atoms with van der Waals surface area (Å²) in [6, 6.07) is 22.0. The molecule has 1 radical (unpaired) electrons. The van der Waals surface area contributed by atoms with Crippen LogP contribution in [0.4, 0.5) is 13.2 Å². The minimum Gasteiger partial charge on any atom is -0.504 e. The van der Waals surface area contributed by atoms with Crippen molar-refractivity contribution in [2.75, 3.05) is 0 Å². The Kier molecular flexibility index (Phi) is 13.4. The summed E-state index contributed by atoms with van der Waals surface area (Å²) in [4.78, 5) is 16.0. The third-order valence-corrected chi connectivity index (χ3v) is 10.8. The van der Waals surface area contributed by atoms with Crippen molar-refractivity contribution in [3.05, 3.63) is 88.7 Å². The van der Waals surface area contributed by atoms with Crippen molar-refractivity contribution in [1.29, 1.82) is 0 Å². The average molecular weight is 877 g/mol. The number of allylic oxidation sites excluding steroid dienone is 2. The molecule has 51 heavy (non-hydrogen) atoms. The molecule has 0 amide bonds. The van der Waals surface area contributed by atoms with Crippen LogP contribution in [0.25, 0.3) is 32.9 Å². The van der Waals surface area contributed by atoms with Crippen LogP contribution < -0.4 is 0 Å². The van der Waals surface area contributed by atoms with Gasteiger partial charge in [0.05, 0.1) is 5.52 Å². The van der Waals surface area contributed by atoms with Gasteiger partial charge in [0.15, 0.2) is 5.78 Å². The molecule has 0 unspecified atom stereocenters. The van der Waals surface area contributed by atoms with Crippen molar-refractivity contribution in [2.24, 2.45) is 17.8 Å². The van der Waals surface area contributed by atoms with Crippen LogP contribution in [0.5, 0.6) is 0 Å². The molecule has 0 bridgehead atoms. The van der Waals surface area contributed by atoms with Gasteiger partial charge in [-0.25, -0.2) is 0 Å². The quantitative estimate of drug-likeness (QED) is 0.123. The minimum atomic E-state index is -4.83. The first kappa shape index (κ1) is 40.7. The topological polar surface area (TPSA) is 50.2 Å². The molecule has 6 rings (SSSR count). The first-order chi connectivity index (χ1) is 23.5. The molecule has 2 aliphatic carbocycles. The zero-order valence-electron chi connectivity index (χ0n) is 31.1. The summed E-state index contributed by atoms with van der Waals surface area (Å²) in [6.45, 7) is 14.3. The van der Waals surface area contributed by atoms with Crippen molar-refractivity contribution in [1.82, 2.24) is 4.98 Å². The number of hydrogen-bond acceptors (Lipinski definition) is 3. The number of alkyl halides is 3. The van der Waals surface area contributed by atoms with Crippen LogP contribution in [0.15, 0.2) is 60.4 Å². The largest absolute Gasteiger partial charge is 0.504 e. The Labute approximate surface area is 315 Å². The van der Waals surface area contributed by atoms with Gasteiger partial charge in [0, 0.05) is 43.2 Å². The molecule has 0 aliphatic heterocycles. The van der Waals surface area contributed by atoms with Crippen molar-refractivity contribution >= 4 is 27.5 Å². The summed E-state index contributed by atoms with van der Waals surface area (Å²) in [5, 5.41) is 12.2. The molecule has 2 aliphatic rings. The molecule has 1 heterocycles. The SMILES string of the molecule is CC(C)C(=O)/C=C(\O)C(F)(F)F.Cc1cc(C)c2c(C3CCC(C4CCCCC4)CC3)cc(-c3[c-]c4ccccc4c(C(C)(C)C)c3)nc2c1.[Ir]. The zero-order chi connectivity index (χ0) is 36.4. The maximum Gasteiger partial charge on any atom is 0.448 e. The minimum absolute atomic E-state index is 0. The normalized spacial score (nSPS) is 19.1. The van der Waals surface area contributed by atoms with Gasteiger partial charge in [0.2, 0.25) is 5.76 Å². The maximum atomic E-state index is 11.6. The first-order valence-corrected chi connectivity index (χ1v) is 18.4. The van der Waals surface area contributed by atoms with E-state index in [-0.39, 0.29) is 31.6 Å². The van der Waals surface area contributed by atoms with Crippen molar-refractivity contribution in [3.63, 3.8) is 0 Å². The summed E-state index contributed by atoms with van der Waals surface area (Å²) >= 11 is 0. The van der Waals surface area contributed by atoms with Crippen molar-refractivity contribution < 1.29 is 43.2 Å². The number of nitrogens with zero attached hydrogens (tertiary/aromatic N) is 1. The van der Waals surface area contributed by atoms with E-state index in [4.69, 9.17) is 10.1 Å². The maximum absolute atomic E-state index is 11.6. The number of pyridine rings is 1. The summed E-state index contributed by atoms with van der Waals surface area (Å²) in [5.74, 6) is -0.573. The number of fused-ring (bicyclic) bond motifs is 2. The van der Waals surface area contributed by atoms with E-state index in [9.17, 15) is 18.0 Å². The number of aliphatic hydroxyl groups is 1. The molecule has 1 aromatic heterocycles. The Balaban J connectivity index is 0.000000388. The Morgan fingerprint density at radius 1 is 0.902 bits per heavy atom. The number of ketones is 1. The van der Waals surface area contributed by atoms with E-state index in [1.165, 1.54) is 110 Å². The molecule has 1 N–H and O–H groups in total. The monoisotopic (exact) mass is 877 g/mol. The van der Waals surface area contributed by atoms with Crippen LogP contribution in [0, 0.1) is 37.7 Å². The van der Waals surface area contributed by atoms with Gasteiger partial charge >= 0.3 is 6.18 Å². The van der Waals surface area contributed by atoms with E-state index >= 15 is 0 Å². The number of carbonyl (C=O) groups is 1. The third-order valence-electron chi connectivity index (χ3n) is 10.8. The second-order valence-corrected chi connectivity index (χ2v) is 16.1. The Morgan fingerprint density at radius 2 is 1.53 bits per heavy atom. The molecular formula is C44H53F3IrNO2-. The Hall–Kier alpha value is -3.02. The molecule has 277 valence electrons. The Bertz CT molecular complexity index is 1860. The number of hydrogen-bond donors (Lipinski definition) is 1. The number of halogens is 3. The van der Waals surface area contributed by atoms with Crippen LogP contribution in [0.2, 0.25) is 0 Å². The molecule has 0 spiro atoms. The second-order valence-electron chi connectivity index (χ2n) is 16.1. The van der Waals surface area contributed by atoms with E-state index in [1.54, 1.807) is 0 Å². The number of aliphatic hydroxyl groups excluding tert-OH is 1. The van der Waals surface area contributed by atoms with Gasteiger partial charge in [0.1, 0.15) is 0 Å². The van der Waals surface area contributed by atoms with Crippen LogP contribution in [0.1, 0.15) is 121 Å². The van der Waals surface area contributed by atoms with Crippen LogP contribution in [-0.4, -0.2) is 22.1 Å². The number of benzene rings is 3. The van der Waals surface area contributed by atoms with Crippen molar-refractivity contribution in [3.8, 4) is 11.3 Å².